The zero-order valence-corrected chi connectivity index (χ0v) is 17.5. The summed E-state index contributed by atoms with van der Waals surface area (Å²) in [5, 5.41) is 2.68. The van der Waals surface area contributed by atoms with Gasteiger partial charge in [0.25, 0.3) is 5.91 Å². The minimum absolute atomic E-state index is 0.106. The van der Waals surface area contributed by atoms with Crippen molar-refractivity contribution < 1.29 is 23.9 Å². The third-order valence-corrected chi connectivity index (χ3v) is 4.70. The fourth-order valence-corrected chi connectivity index (χ4v) is 2.94. The molecule has 1 amide bonds. The third-order valence-electron chi connectivity index (χ3n) is 4.70. The molecular formula is C25H23NO5. The van der Waals surface area contributed by atoms with Gasteiger partial charge in [-0.15, -0.1) is 0 Å². The number of ether oxygens (including phenoxy) is 2. The number of esters is 1. The molecule has 6 heteroatoms. The second kappa shape index (κ2) is 9.71. The van der Waals surface area contributed by atoms with E-state index in [1.165, 1.54) is 20.1 Å². The molecule has 0 aliphatic heterocycles. The molecule has 0 heterocycles. The lowest BCUT2D eigenvalue weighted by molar-refractivity contribution is -0.123. The van der Waals surface area contributed by atoms with Crippen LogP contribution in [0.2, 0.25) is 0 Å². The van der Waals surface area contributed by atoms with Crippen LogP contribution in [0, 0.1) is 6.92 Å². The molecule has 1 atom stereocenters. The average Bonchev–Trinajstić information content (AvgIpc) is 2.79. The Bertz CT molecular complexity index is 1100. The van der Waals surface area contributed by atoms with Gasteiger partial charge in [0, 0.05) is 22.9 Å². The number of hydrogen-bond donors (Lipinski definition) is 1. The van der Waals surface area contributed by atoms with E-state index in [-0.39, 0.29) is 16.9 Å². The first kappa shape index (κ1) is 21.8. The molecule has 6 nitrogen and oxygen atoms in total. The van der Waals surface area contributed by atoms with E-state index in [4.69, 9.17) is 9.47 Å². The van der Waals surface area contributed by atoms with Gasteiger partial charge in [0.2, 0.25) is 0 Å². The van der Waals surface area contributed by atoms with E-state index in [9.17, 15) is 14.4 Å². The Kier molecular flexibility index (Phi) is 6.82. The number of carbonyl (C=O) groups excluding carboxylic acids is 3. The Morgan fingerprint density at radius 1 is 0.871 bits per heavy atom. The van der Waals surface area contributed by atoms with Crippen LogP contribution in [-0.4, -0.2) is 30.9 Å². The molecule has 0 fully saturated rings. The lowest BCUT2D eigenvalue weighted by atomic mass is 9.98. The highest BCUT2D eigenvalue weighted by molar-refractivity contribution is 6.14. The number of carbonyl (C=O) groups is 3. The Balaban J connectivity index is 1.73. The van der Waals surface area contributed by atoms with Gasteiger partial charge in [0.15, 0.2) is 11.9 Å². The van der Waals surface area contributed by atoms with Crippen LogP contribution in [0.3, 0.4) is 0 Å². The van der Waals surface area contributed by atoms with Crippen molar-refractivity contribution in [3.05, 3.63) is 95.1 Å². The Labute approximate surface area is 180 Å². The SMILES string of the molecule is COc1cccc(NC(=O)[C@@H](C)OC(=O)c2ccccc2C(=O)c2ccc(C)cc2)c1. The van der Waals surface area contributed by atoms with Gasteiger partial charge in [-0.05, 0) is 32.0 Å². The van der Waals surface area contributed by atoms with Crippen LogP contribution in [0.4, 0.5) is 5.69 Å². The van der Waals surface area contributed by atoms with E-state index in [1.54, 1.807) is 54.6 Å². The van der Waals surface area contributed by atoms with E-state index in [2.05, 4.69) is 5.32 Å². The maximum Gasteiger partial charge on any atom is 0.339 e. The quantitative estimate of drug-likeness (QED) is 0.455. The minimum Gasteiger partial charge on any atom is -0.497 e. The number of benzene rings is 3. The summed E-state index contributed by atoms with van der Waals surface area (Å²) in [6.45, 7) is 3.40. The Morgan fingerprint density at radius 3 is 2.23 bits per heavy atom. The Morgan fingerprint density at radius 2 is 1.55 bits per heavy atom. The first-order valence-corrected chi connectivity index (χ1v) is 9.75. The fraction of sp³-hybridized carbons (Fsp3) is 0.160. The van der Waals surface area contributed by atoms with Crippen molar-refractivity contribution in [3.8, 4) is 5.75 Å². The predicted molar refractivity (Wildman–Crippen MR) is 118 cm³/mol. The molecule has 0 unspecified atom stereocenters. The molecule has 31 heavy (non-hydrogen) atoms. The second-order valence-electron chi connectivity index (χ2n) is 7.01. The van der Waals surface area contributed by atoms with Gasteiger partial charge in [0.05, 0.1) is 12.7 Å². The molecule has 158 valence electrons. The molecule has 0 bridgehead atoms. The smallest absolute Gasteiger partial charge is 0.339 e. The predicted octanol–water partition coefficient (Wildman–Crippen LogP) is 4.42. The van der Waals surface area contributed by atoms with Crippen LogP contribution in [-0.2, 0) is 9.53 Å². The van der Waals surface area contributed by atoms with E-state index in [1.807, 2.05) is 19.1 Å². The maximum absolute atomic E-state index is 12.9. The number of aryl methyl sites for hydroxylation is 1. The van der Waals surface area contributed by atoms with Crippen LogP contribution in [0.1, 0.15) is 38.8 Å². The van der Waals surface area contributed by atoms with Crippen molar-refractivity contribution in [2.75, 3.05) is 12.4 Å². The summed E-state index contributed by atoms with van der Waals surface area (Å²) < 4.78 is 10.5. The highest BCUT2D eigenvalue weighted by atomic mass is 16.5. The summed E-state index contributed by atoms with van der Waals surface area (Å²) in [7, 11) is 1.53. The van der Waals surface area contributed by atoms with Crippen LogP contribution in [0.25, 0.3) is 0 Å². The molecule has 0 saturated carbocycles. The molecule has 3 rings (SSSR count). The number of rotatable bonds is 7. The molecule has 0 saturated heterocycles. The van der Waals surface area contributed by atoms with Crippen molar-refractivity contribution in [1.29, 1.82) is 0 Å². The third kappa shape index (κ3) is 5.36. The molecule has 1 N–H and O–H groups in total. The molecule has 0 radical (unpaired) electrons. The van der Waals surface area contributed by atoms with Gasteiger partial charge >= 0.3 is 5.97 Å². The number of nitrogens with one attached hydrogen (secondary N) is 1. The normalized spacial score (nSPS) is 11.3. The van der Waals surface area contributed by atoms with Gasteiger partial charge in [-0.2, -0.15) is 0 Å². The van der Waals surface area contributed by atoms with Gasteiger partial charge < -0.3 is 14.8 Å². The zero-order valence-electron chi connectivity index (χ0n) is 17.5. The first-order valence-electron chi connectivity index (χ1n) is 9.75. The highest BCUT2D eigenvalue weighted by Gasteiger charge is 2.23. The maximum atomic E-state index is 12.9. The highest BCUT2D eigenvalue weighted by Crippen LogP contribution is 2.19. The van der Waals surface area contributed by atoms with Crippen LogP contribution >= 0.6 is 0 Å². The number of anilines is 1. The molecule has 0 spiro atoms. The van der Waals surface area contributed by atoms with Gasteiger partial charge in [-0.3, -0.25) is 9.59 Å². The van der Waals surface area contributed by atoms with Crippen molar-refractivity contribution in [3.63, 3.8) is 0 Å². The molecule has 3 aromatic rings. The molecular weight excluding hydrogens is 394 g/mol. The summed E-state index contributed by atoms with van der Waals surface area (Å²) in [6, 6.07) is 20.3. The number of ketones is 1. The first-order chi connectivity index (χ1) is 14.9. The minimum atomic E-state index is -1.07. The van der Waals surface area contributed by atoms with Crippen LogP contribution in [0.5, 0.6) is 5.75 Å². The van der Waals surface area contributed by atoms with E-state index >= 15 is 0 Å². The summed E-state index contributed by atoms with van der Waals surface area (Å²) in [5.74, 6) is -0.944. The molecule has 0 aromatic heterocycles. The number of methoxy groups -OCH3 is 1. The van der Waals surface area contributed by atoms with Crippen molar-refractivity contribution in [1.82, 2.24) is 0 Å². The van der Waals surface area contributed by atoms with E-state index in [0.717, 1.165) is 5.56 Å². The van der Waals surface area contributed by atoms with Crippen molar-refractivity contribution >= 4 is 23.3 Å². The van der Waals surface area contributed by atoms with E-state index < -0.39 is 18.0 Å². The largest absolute Gasteiger partial charge is 0.497 e. The number of hydrogen-bond acceptors (Lipinski definition) is 5. The molecule has 0 aliphatic carbocycles. The average molecular weight is 417 g/mol. The molecule has 3 aromatic carbocycles. The standard InChI is InChI=1S/C25H23NO5/c1-16-11-13-18(14-12-16)23(27)21-9-4-5-10-22(21)25(29)31-17(2)24(28)26-19-7-6-8-20(15-19)30-3/h4-15,17H,1-3H3,(H,26,28)/t17-/m1/s1. The molecule has 0 aliphatic rings. The summed E-state index contributed by atoms with van der Waals surface area (Å²) >= 11 is 0. The van der Waals surface area contributed by atoms with Crippen LogP contribution < -0.4 is 10.1 Å². The van der Waals surface area contributed by atoms with Gasteiger partial charge in [0.1, 0.15) is 5.75 Å². The lowest BCUT2D eigenvalue weighted by Crippen LogP contribution is -2.30. The number of amides is 1. The van der Waals surface area contributed by atoms with Crippen molar-refractivity contribution in [2.24, 2.45) is 0 Å². The van der Waals surface area contributed by atoms with Crippen molar-refractivity contribution in [2.45, 2.75) is 20.0 Å². The summed E-state index contributed by atoms with van der Waals surface area (Å²) in [6.07, 6.45) is -1.07. The Hall–Kier alpha value is -3.93. The fourth-order valence-electron chi connectivity index (χ4n) is 2.94. The monoisotopic (exact) mass is 417 g/mol. The summed E-state index contributed by atoms with van der Waals surface area (Å²) in [4.78, 5) is 38.1. The summed E-state index contributed by atoms with van der Waals surface area (Å²) in [5.41, 5.74) is 2.34. The lowest BCUT2D eigenvalue weighted by Gasteiger charge is -2.15. The second-order valence-corrected chi connectivity index (χ2v) is 7.01. The topological polar surface area (TPSA) is 81.7 Å². The zero-order chi connectivity index (χ0) is 22.4. The van der Waals surface area contributed by atoms with E-state index in [0.29, 0.717) is 17.0 Å². The van der Waals surface area contributed by atoms with Gasteiger partial charge in [-0.1, -0.05) is 54.1 Å². The van der Waals surface area contributed by atoms with Gasteiger partial charge in [-0.25, -0.2) is 4.79 Å². The van der Waals surface area contributed by atoms with Crippen LogP contribution in [0.15, 0.2) is 72.8 Å².